The predicted molar refractivity (Wildman–Crippen MR) is 121 cm³/mol. The summed E-state index contributed by atoms with van der Waals surface area (Å²) in [6.07, 6.45) is 0.659. The molecule has 3 aromatic rings. The highest BCUT2D eigenvalue weighted by Crippen LogP contribution is 2.28. The molecule has 1 atom stereocenters. The number of carbonyl (C=O) groups excluding carboxylic acids is 1. The quantitative estimate of drug-likeness (QED) is 0.466. The number of rotatable bonds is 10. The highest BCUT2D eigenvalue weighted by Gasteiger charge is 2.22. The molecule has 0 spiro atoms. The number of methoxy groups -OCH3 is 2. The number of thioether (sulfide) groups is 1. The molecule has 3 N–H and O–H groups in total. The van der Waals surface area contributed by atoms with E-state index in [-0.39, 0.29) is 11.9 Å². The molecule has 164 valence electrons. The van der Waals surface area contributed by atoms with Crippen molar-refractivity contribution >= 4 is 23.6 Å². The van der Waals surface area contributed by atoms with Gasteiger partial charge in [0.2, 0.25) is 11.9 Å². The number of hydrogen-bond acceptors (Lipinski definition) is 7. The molecule has 1 amide bonds. The molecular weight excluding hydrogens is 414 g/mol. The van der Waals surface area contributed by atoms with Gasteiger partial charge in [0.05, 0.1) is 14.2 Å². The van der Waals surface area contributed by atoms with Crippen molar-refractivity contribution in [3.63, 3.8) is 0 Å². The first-order valence-electron chi connectivity index (χ1n) is 9.89. The second-order valence-electron chi connectivity index (χ2n) is 6.89. The van der Waals surface area contributed by atoms with E-state index in [1.807, 2.05) is 48.5 Å². The third-order valence-corrected chi connectivity index (χ3v) is 5.84. The topological polar surface area (TPSA) is 104 Å². The van der Waals surface area contributed by atoms with Crippen molar-refractivity contribution in [2.45, 2.75) is 30.3 Å². The summed E-state index contributed by atoms with van der Waals surface area (Å²) < 4.78 is 12.2. The molecule has 0 aliphatic rings. The Morgan fingerprint density at radius 2 is 1.84 bits per heavy atom. The second-order valence-corrected chi connectivity index (χ2v) is 7.83. The molecule has 1 unspecified atom stereocenters. The molecule has 0 radical (unpaired) electrons. The zero-order valence-electron chi connectivity index (χ0n) is 17.9. The van der Waals surface area contributed by atoms with E-state index in [0.29, 0.717) is 35.4 Å². The number of nitrogens with zero attached hydrogens (tertiary/aromatic N) is 3. The van der Waals surface area contributed by atoms with Gasteiger partial charge in [-0.1, -0.05) is 48.2 Å². The molecule has 0 aliphatic carbocycles. The fourth-order valence-electron chi connectivity index (χ4n) is 3.10. The van der Waals surface area contributed by atoms with E-state index in [2.05, 4.69) is 15.5 Å². The van der Waals surface area contributed by atoms with Crippen molar-refractivity contribution in [2.24, 2.45) is 0 Å². The number of carbonyl (C=O) groups is 1. The number of nitrogens with one attached hydrogen (secondary N) is 1. The lowest BCUT2D eigenvalue weighted by Crippen LogP contribution is -2.33. The average molecular weight is 442 g/mol. The van der Waals surface area contributed by atoms with Crippen LogP contribution in [0.3, 0.4) is 0 Å². The third kappa shape index (κ3) is 5.69. The van der Waals surface area contributed by atoms with Crippen molar-refractivity contribution in [3.05, 3.63) is 59.7 Å². The monoisotopic (exact) mass is 441 g/mol. The highest BCUT2D eigenvalue weighted by molar-refractivity contribution is 7.98. The van der Waals surface area contributed by atoms with E-state index < -0.39 is 6.04 Å². The van der Waals surface area contributed by atoms with Crippen LogP contribution in [-0.4, -0.2) is 41.4 Å². The number of nitrogen functional groups attached to an aromatic ring is 1. The molecule has 1 heterocycles. The van der Waals surface area contributed by atoms with Crippen LogP contribution >= 0.6 is 11.8 Å². The lowest BCUT2D eigenvalue weighted by atomic mass is 10.1. The Bertz CT molecular complexity index is 1010. The summed E-state index contributed by atoms with van der Waals surface area (Å²) in [4.78, 5) is 12.7. The van der Waals surface area contributed by atoms with E-state index in [1.54, 1.807) is 25.7 Å². The number of hydrogen-bond donors (Lipinski definition) is 2. The Kier molecular flexibility index (Phi) is 7.77. The maximum atomic E-state index is 12.7. The molecule has 0 aliphatic heterocycles. The number of nitrogens with two attached hydrogens (primary N) is 1. The molecule has 1 aromatic heterocycles. The zero-order chi connectivity index (χ0) is 22.2. The average Bonchev–Trinajstić information content (AvgIpc) is 3.17. The summed E-state index contributed by atoms with van der Waals surface area (Å²) in [5.41, 5.74) is 8.19. The molecular formula is C22H27N5O3S. The van der Waals surface area contributed by atoms with Gasteiger partial charge in [-0.25, -0.2) is 0 Å². The number of amides is 1. The first-order chi connectivity index (χ1) is 15.0. The smallest absolute Gasteiger partial charge is 0.243 e. The van der Waals surface area contributed by atoms with E-state index in [9.17, 15) is 4.79 Å². The lowest BCUT2D eigenvalue weighted by molar-refractivity contribution is -0.123. The largest absolute Gasteiger partial charge is 0.493 e. The van der Waals surface area contributed by atoms with E-state index in [0.717, 1.165) is 11.1 Å². The molecule has 0 saturated carbocycles. The fraction of sp³-hybridized carbons (Fsp3) is 0.318. The zero-order valence-corrected chi connectivity index (χ0v) is 18.7. The van der Waals surface area contributed by atoms with Crippen molar-refractivity contribution in [1.82, 2.24) is 20.1 Å². The SMILES string of the molecule is COc1ccc(CCNC(=O)C(C)n2c(N)nnc2SCc2ccccc2)cc1OC. The van der Waals surface area contributed by atoms with Crippen molar-refractivity contribution < 1.29 is 14.3 Å². The normalized spacial score (nSPS) is 11.7. The summed E-state index contributed by atoms with van der Waals surface area (Å²) in [6, 6.07) is 15.2. The van der Waals surface area contributed by atoms with Gasteiger partial charge >= 0.3 is 0 Å². The van der Waals surface area contributed by atoms with Gasteiger partial charge in [-0.05, 0) is 36.6 Å². The van der Waals surface area contributed by atoms with E-state index >= 15 is 0 Å². The minimum atomic E-state index is -0.529. The van der Waals surface area contributed by atoms with Crippen molar-refractivity contribution in [3.8, 4) is 11.5 Å². The first-order valence-corrected chi connectivity index (χ1v) is 10.9. The summed E-state index contributed by atoms with van der Waals surface area (Å²) in [5, 5.41) is 11.7. The standard InChI is InChI=1S/C22H27N5O3S/c1-15(20(28)24-12-11-16-9-10-18(29-2)19(13-16)30-3)27-21(23)25-26-22(27)31-14-17-7-5-4-6-8-17/h4-10,13,15H,11-12,14H2,1-3H3,(H2,23,25)(H,24,28). The van der Waals surface area contributed by atoms with E-state index in [4.69, 9.17) is 15.2 Å². The van der Waals surface area contributed by atoms with Gasteiger partial charge in [-0.15, -0.1) is 10.2 Å². The van der Waals surface area contributed by atoms with Crippen LogP contribution in [0.15, 0.2) is 53.7 Å². The Morgan fingerprint density at radius 1 is 1.10 bits per heavy atom. The fourth-order valence-corrected chi connectivity index (χ4v) is 4.08. The maximum Gasteiger partial charge on any atom is 0.243 e. The first kappa shape index (κ1) is 22.5. The Morgan fingerprint density at radius 3 is 2.55 bits per heavy atom. The minimum absolute atomic E-state index is 0.145. The number of aromatic nitrogens is 3. The molecule has 0 saturated heterocycles. The van der Waals surface area contributed by atoms with Crippen LogP contribution in [0.1, 0.15) is 24.1 Å². The van der Waals surface area contributed by atoms with Crippen LogP contribution in [0, 0.1) is 0 Å². The molecule has 9 heteroatoms. The van der Waals surface area contributed by atoms with Crippen LogP contribution in [0.5, 0.6) is 11.5 Å². The Labute approximate surface area is 186 Å². The number of anilines is 1. The minimum Gasteiger partial charge on any atom is -0.493 e. The number of benzene rings is 2. The summed E-state index contributed by atoms with van der Waals surface area (Å²) in [6.45, 7) is 2.27. The van der Waals surface area contributed by atoms with Crippen LogP contribution in [0.2, 0.25) is 0 Å². The van der Waals surface area contributed by atoms with Crippen LogP contribution < -0.4 is 20.5 Å². The van der Waals surface area contributed by atoms with Gasteiger partial charge in [0.15, 0.2) is 16.7 Å². The summed E-state index contributed by atoms with van der Waals surface area (Å²) in [5.74, 6) is 2.13. The van der Waals surface area contributed by atoms with Gasteiger partial charge in [0, 0.05) is 12.3 Å². The molecule has 3 rings (SSSR count). The maximum absolute atomic E-state index is 12.7. The van der Waals surface area contributed by atoms with Crippen LogP contribution in [0.4, 0.5) is 5.95 Å². The highest BCUT2D eigenvalue weighted by atomic mass is 32.2. The van der Waals surface area contributed by atoms with Crippen LogP contribution in [-0.2, 0) is 17.0 Å². The van der Waals surface area contributed by atoms with E-state index in [1.165, 1.54) is 11.8 Å². The lowest BCUT2D eigenvalue weighted by Gasteiger charge is -2.16. The summed E-state index contributed by atoms with van der Waals surface area (Å²) >= 11 is 1.50. The van der Waals surface area contributed by atoms with Gasteiger partial charge in [-0.3, -0.25) is 9.36 Å². The summed E-state index contributed by atoms with van der Waals surface area (Å²) in [7, 11) is 3.20. The molecule has 2 aromatic carbocycles. The van der Waals surface area contributed by atoms with Gasteiger partial charge < -0.3 is 20.5 Å². The number of ether oxygens (including phenoxy) is 2. The molecule has 0 bridgehead atoms. The second kappa shape index (κ2) is 10.7. The predicted octanol–water partition coefficient (Wildman–Crippen LogP) is 3.09. The Hall–Kier alpha value is -3.20. The van der Waals surface area contributed by atoms with Crippen molar-refractivity contribution in [1.29, 1.82) is 0 Å². The van der Waals surface area contributed by atoms with Gasteiger partial charge in [-0.2, -0.15) is 0 Å². The third-order valence-electron chi connectivity index (χ3n) is 4.83. The van der Waals surface area contributed by atoms with Gasteiger partial charge in [0.1, 0.15) is 6.04 Å². The van der Waals surface area contributed by atoms with Crippen molar-refractivity contribution in [2.75, 3.05) is 26.5 Å². The molecule has 0 fully saturated rings. The van der Waals surface area contributed by atoms with Gasteiger partial charge in [0.25, 0.3) is 0 Å². The molecule has 8 nitrogen and oxygen atoms in total. The Balaban J connectivity index is 1.58. The van der Waals surface area contributed by atoms with Crippen LogP contribution in [0.25, 0.3) is 0 Å². The molecule has 31 heavy (non-hydrogen) atoms.